The molecular weight excluding hydrogens is 286 g/mol. The van der Waals surface area contributed by atoms with Crippen LogP contribution in [-0.2, 0) is 13.0 Å². The van der Waals surface area contributed by atoms with Gasteiger partial charge in [0.2, 0.25) is 0 Å². The molecule has 2 heterocycles. The smallest absolute Gasteiger partial charge is 0.255 e. The van der Waals surface area contributed by atoms with Crippen LogP contribution < -0.4 is 5.32 Å². The number of aryl methyl sites for hydroxylation is 2. The fourth-order valence-electron chi connectivity index (χ4n) is 3.22. The molecule has 0 saturated heterocycles. The van der Waals surface area contributed by atoms with Crippen LogP contribution in [0.1, 0.15) is 35.4 Å². The molecule has 0 spiro atoms. The Morgan fingerprint density at radius 1 is 1.04 bits per heavy atom. The third-order valence-electron chi connectivity index (χ3n) is 4.40. The van der Waals surface area contributed by atoms with Crippen molar-refractivity contribution in [1.29, 1.82) is 0 Å². The quantitative estimate of drug-likeness (QED) is 0.777. The first-order chi connectivity index (χ1) is 11.3. The van der Waals surface area contributed by atoms with E-state index in [-0.39, 0.29) is 5.91 Å². The predicted octanol–water partition coefficient (Wildman–Crippen LogP) is 4.02. The molecule has 4 heteroatoms. The standard InChI is InChI=1S/C19H19N3O/c23-19(14-7-3-1-4-8-14)20-15-10-11-17-16(13-15)21-18-9-5-2-6-12-22(17)18/h1,3-4,7-8,10-11,13H,2,5-6,9,12H2,(H,20,23). The number of nitrogens with one attached hydrogen (secondary N) is 1. The largest absolute Gasteiger partial charge is 0.328 e. The molecule has 0 aliphatic carbocycles. The van der Waals surface area contributed by atoms with Gasteiger partial charge in [-0.05, 0) is 43.2 Å². The lowest BCUT2D eigenvalue weighted by molar-refractivity contribution is 0.102. The number of aromatic nitrogens is 2. The van der Waals surface area contributed by atoms with Crippen LogP contribution in [0.5, 0.6) is 0 Å². The van der Waals surface area contributed by atoms with Crippen molar-refractivity contribution in [2.75, 3.05) is 5.32 Å². The number of fused-ring (bicyclic) bond motifs is 3. The molecule has 116 valence electrons. The van der Waals surface area contributed by atoms with Crippen LogP contribution >= 0.6 is 0 Å². The first kappa shape index (κ1) is 14.0. The zero-order chi connectivity index (χ0) is 15.6. The molecule has 1 aliphatic rings. The Balaban J connectivity index is 1.63. The van der Waals surface area contributed by atoms with Gasteiger partial charge in [0.1, 0.15) is 5.82 Å². The number of carbonyl (C=O) groups is 1. The summed E-state index contributed by atoms with van der Waals surface area (Å²) in [5.74, 6) is 1.08. The molecule has 0 fully saturated rings. The number of nitrogens with zero attached hydrogens (tertiary/aromatic N) is 2. The van der Waals surface area contributed by atoms with Crippen LogP contribution in [0.3, 0.4) is 0 Å². The Morgan fingerprint density at radius 2 is 1.91 bits per heavy atom. The van der Waals surface area contributed by atoms with E-state index in [1.807, 2.05) is 42.5 Å². The van der Waals surface area contributed by atoms with E-state index in [1.165, 1.54) is 30.6 Å². The van der Waals surface area contributed by atoms with Gasteiger partial charge in [0, 0.05) is 24.2 Å². The van der Waals surface area contributed by atoms with Gasteiger partial charge in [-0.1, -0.05) is 24.6 Å². The van der Waals surface area contributed by atoms with Crippen LogP contribution in [0.4, 0.5) is 5.69 Å². The fraction of sp³-hybridized carbons (Fsp3) is 0.263. The molecule has 4 rings (SSSR count). The maximum Gasteiger partial charge on any atom is 0.255 e. The molecule has 0 bridgehead atoms. The van der Waals surface area contributed by atoms with Crippen LogP contribution in [0.15, 0.2) is 48.5 Å². The van der Waals surface area contributed by atoms with E-state index in [0.29, 0.717) is 5.56 Å². The summed E-state index contributed by atoms with van der Waals surface area (Å²) in [6.45, 7) is 1.04. The molecule has 23 heavy (non-hydrogen) atoms. The van der Waals surface area contributed by atoms with E-state index in [0.717, 1.165) is 24.2 Å². The Bertz CT molecular complexity index is 852. The molecule has 4 nitrogen and oxygen atoms in total. The van der Waals surface area contributed by atoms with Crippen molar-refractivity contribution in [1.82, 2.24) is 9.55 Å². The fourth-order valence-corrected chi connectivity index (χ4v) is 3.22. The van der Waals surface area contributed by atoms with Gasteiger partial charge in [0.05, 0.1) is 11.0 Å². The SMILES string of the molecule is O=C(Nc1ccc2c(c1)nc1n2CCCCC1)c1ccccc1. The number of rotatable bonds is 2. The summed E-state index contributed by atoms with van der Waals surface area (Å²) in [7, 11) is 0. The Morgan fingerprint density at radius 3 is 2.78 bits per heavy atom. The summed E-state index contributed by atoms with van der Waals surface area (Å²) in [4.78, 5) is 17.0. The summed E-state index contributed by atoms with van der Waals surface area (Å²) >= 11 is 0. The van der Waals surface area contributed by atoms with Gasteiger partial charge >= 0.3 is 0 Å². The predicted molar refractivity (Wildman–Crippen MR) is 91.7 cm³/mol. The Hall–Kier alpha value is -2.62. The van der Waals surface area contributed by atoms with Crippen LogP contribution in [0, 0.1) is 0 Å². The van der Waals surface area contributed by atoms with E-state index in [9.17, 15) is 4.79 Å². The maximum atomic E-state index is 12.3. The summed E-state index contributed by atoms with van der Waals surface area (Å²) in [6, 6.07) is 15.3. The molecule has 2 aromatic carbocycles. The summed E-state index contributed by atoms with van der Waals surface area (Å²) in [5, 5.41) is 2.95. The highest BCUT2D eigenvalue weighted by molar-refractivity contribution is 6.04. The molecule has 0 saturated carbocycles. The number of carbonyl (C=O) groups excluding carboxylic acids is 1. The lowest BCUT2D eigenvalue weighted by atomic mass is 10.2. The van der Waals surface area contributed by atoms with Gasteiger partial charge in [-0.2, -0.15) is 0 Å². The van der Waals surface area contributed by atoms with E-state index >= 15 is 0 Å². The second kappa shape index (κ2) is 5.88. The molecule has 0 atom stereocenters. The maximum absolute atomic E-state index is 12.3. The normalized spacial score (nSPS) is 14.3. The van der Waals surface area contributed by atoms with Gasteiger partial charge in [-0.15, -0.1) is 0 Å². The number of amides is 1. The van der Waals surface area contributed by atoms with Crippen molar-refractivity contribution < 1.29 is 4.79 Å². The van der Waals surface area contributed by atoms with Crippen molar-refractivity contribution in [3.8, 4) is 0 Å². The minimum absolute atomic E-state index is 0.0919. The highest BCUT2D eigenvalue weighted by Crippen LogP contribution is 2.24. The van der Waals surface area contributed by atoms with Gasteiger partial charge in [0.15, 0.2) is 0 Å². The molecule has 1 amide bonds. The molecule has 0 unspecified atom stereocenters. The lowest BCUT2D eigenvalue weighted by Crippen LogP contribution is -2.11. The Kier molecular flexibility index (Phi) is 3.58. The summed E-state index contributed by atoms with van der Waals surface area (Å²) in [5.41, 5.74) is 3.58. The third kappa shape index (κ3) is 2.72. The third-order valence-corrected chi connectivity index (χ3v) is 4.40. The molecule has 1 aliphatic heterocycles. The molecule has 1 N–H and O–H groups in total. The van der Waals surface area contributed by atoms with Crippen LogP contribution in [-0.4, -0.2) is 15.5 Å². The molecule has 1 aromatic heterocycles. The Labute approximate surface area is 135 Å². The number of benzene rings is 2. The average molecular weight is 305 g/mol. The first-order valence-corrected chi connectivity index (χ1v) is 8.17. The van der Waals surface area contributed by atoms with Crippen LogP contribution in [0.25, 0.3) is 11.0 Å². The lowest BCUT2D eigenvalue weighted by Gasteiger charge is -2.06. The number of anilines is 1. The summed E-state index contributed by atoms with van der Waals surface area (Å²) < 4.78 is 2.32. The zero-order valence-electron chi connectivity index (χ0n) is 13.0. The van der Waals surface area contributed by atoms with E-state index in [1.54, 1.807) is 0 Å². The number of hydrogen-bond donors (Lipinski definition) is 1. The van der Waals surface area contributed by atoms with Gasteiger partial charge in [-0.3, -0.25) is 4.79 Å². The van der Waals surface area contributed by atoms with Crippen molar-refractivity contribution in [3.63, 3.8) is 0 Å². The monoisotopic (exact) mass is 305 g/mol. The molecular formula is C19H19N3O. The molecule has 0 radical (unpaired) electrons. The van der Waals surface area contributed by atoms with Crippen molar-refractivity contribution in [2.24, 2.45) is 0 Å². The zero-order valence-corrected chi connectivity index (χ0v) is 13.0. The highest BCUT2D eigenvalue weighted by atomic mass is 16.1. The minimum atomic E-state index is -0.0919. The summed E-state index contributed by atoms with van der Waals surface area (Å²) in [6.07, 6.45) is 4.74. The van der Waals surface area contributed by atoms with Crippen LogP contribution in [0.2, 0.25) is 0 Å². The van der Waals surface area contributed by atoms with Gasteiger partial charge < -0.3 is 9.88 Å². The number of hydrogen-bond acceptors (Lipinski definition) is 2. The number of imidazole rings is 1. The van der Waals surface area contributed by atoms with Crippen molar-refractivity contribution in [3.05, 3.63) is 59.9 Å². The van der Waals surface area contributed by atoms with E-state index in [2.05, 4.69) is 16.0 Å². The van der Waals surface area contributed by atoms with E-state index in [4.69, 9.17) is 4.98 Å². The second-order valence-electron chi connectivity index (χ2n) is 6.01. The van der Waals surface area contributed by atoms with Gasteiger partial charge in [-0.25, -0.2) is 4.98 Å². The van der Waals surface area contributed by atoms with Gasteiger partial charge in [0.25, 0.3) is 5.91 Å². The minimum Gasteiger partial charge on any atom is -0.328 e. The highest BCUT2D eigenvalue weighted by Gasteiger charge is 2.14. The second-order valence-corrected chi connectivity index (χ2v) is 6.01. The van der Waals surface area contributed by atoms with Crippen molar-refractivity contribution >= 4 is 22.6 Å². The first-order valence-electron chi connectivity index (χ1n) is 8.17. The molecule has 3 aromatic rings. The van der Waals surface area contributed by atoms with Crippen molar-refractivity contribution in [2.45, 2.75) is 32.2 Å². The van der Waals surface area contributed by atoms with E-state index < -0.39 is 0 Å². The average Bonchev–Trinajstić information content (AvgIpc) is 2.76. The topological polar surface area (TPSA) is 46.9 Å².